The molecule has 0 saturated carbocycles. The lowest BCUT2D eigenvalue weighted by atomic mass is 10.1. The third-order valence-corrected chi connectivity index (χ3v) is 4.29. The fourth-order valence-corrected chi connectivity index (χ4v) is 2.79. The van der Waals surface area contributed by atoms with Crippen LogP contribution in [0.25, 0.3) is 0 Å². The monoisotopic (exact) mass is 412 g/mol. The van der Waals surface area contributed by atoms with E-state index in [0.29, 0.717) is 36.1 Å². The van der Waals surface area contributed by atoms with Crippen LogP contribution in [0, 0.1) is 5.41 Å². The number of hydrogen-bond acceptors (Lipinski definition) is 8. The number of nitrogens with zero attached hydrogens (tertiary/aromatic N) is 3. The molecule has 29 heavy (non-hydrogen) atoms. The van der Waals surface area contributed by atoms with Crippen LogP contribution < -0.4 is 20.2 Å². The number of nitrogens with one attached hydrogen (secondary N) is 3. The molecule has 2 heterocycles. The summed E-state index contributed by atoms with van der Waals surface area (Å²) in [6, 6.07) is 11.2. The number of allylic oxidation sites excluding steroid dienone is 1. The molecule has 0 amide bonds. The minimum absolute atomic E-state index is 0.135. The van der Waals surface area contributed by atoms with Crippen molar-refractivity contribution in [1.29, 1.82) is 5.41 Å². The molecule has 3 rings (SSSR count). The van der Waals surface area contributed by atoms with Crippen molar-refractivity contribution in [2.24, 2.45) is 10.1 Å². The van der Waals surface area contributed by atoms with Crippen molar-refractivity contribution in [3.63, 3.8) is 0 Å². The smallest absolute Gasteiger partial charge is 0.155 e. The zero-order chi connectivity index (χ0) is 20.6. The quantitative estimate of drug-likeness (QED) is 0.479. The molecule has 1 aromatic carbocycles. The van der Waals surface area contributed by atoms with Crippen molar-refractivity contribution in [2.45, 2.75) is 13.1 Å². The molecule has 0 unspecified atom stereocenters. The Hall–Kier alpha value is -3.39. The summed E-state index contributed by atoms with van der Waals surface area (Å²) in [6.45, 7) is 0.833. The molecule has 0 spiro atoms. The molecular weight excluding hydrogens is 392 g/mol. The van der Waals surface area contributed by atoms with Crippen molar-refractivity contribution >= 4 is 28.9 Å². The van der Waals surface area contributed by atoms with E-state index in [1.54, 1.807) is 26.5 Å². The van der Waals surface area contributed by atoms with Crippen LogP contribution in [0.5, 0.6) is 11.5 Å². The highest BCUT2D eigenvalue weighted by atomic mass is 35.5. The van der Waals surface area contributed by atoms with Crippen LogP contribution in [0.4, 0.5) is 0 Å². The Morgan fingerprint density at radius 1 is 1.14 bits per heavy atom. The standard InChI is InChI=1S/C20H21ClN6O2/c1-28-15-7-6-13(17(9-15)29-2)11-24-20-19(22)16(10-18(21)26-20)27-25-12-14-5-3-4-8-23-14/h3-10,22,25H,11-12H2,1-2H3,(H,24,26)/b22-19?,27-16-. The number of benzene rings is 1. The Labute approximate surface area is 173 Å². The molecule has 0 radical (unpaired) electrons. The maximum Gasteiger partial charge on any atom is 0.155 e. The molecule has 0 aliphatic carbocycles. The first kappa shape index (κ1) is 20.3. The highest BCUT2D eigenvalue weighted by Crippen LogP contribution is 2.24. The number of aliphatic imine (C=N–C) groups is 1. The Morgan fingerprint density at radius 3 is 2.72 bits per heavy atom. The van der Waals surface area contributed by atoms with Gasteiger partial charge in [0.05, 0.1) is 26.5 Å². The van der Waals surface area contributed by atoms with E-state index in [-0.39, 0.29) is 10.9 Å². The van der Waals surface area contributed by atoms with Gasteiger partial charge in [0, 0.05) is 30.4 Å². The number of aromatic nitrogens is 1. The lowest BCUT2D eigenvalue weighted by molar-refractivity contribution is 0.390. The number of rotatable bonds is 7. The van der Waals surface area contributed by atoms with Crippen LogP contribution in [0.2, 0.25) is 0 Å². The molecule has 9 heteroatoms. The van der Waals surface area contributed by atoms with Gasteiger partial charge in [-0.3, -0.25) is 10.4 Å². The van der Waals surface area contributed by atoms with Gasteiger partial charge in [-0.2, -0.15) is 5.10 Å². The number of hydrogen-bond donors (Lipinski definition) is 3. The van der Waals surface area contributed by atoms with Gasteiger partial charge in [0.2, 0.25) is 0 Å². The summed E-state index contributed by atoms with van der Waals surface area (Å²) in [6.07, 6.45) is 3.25. The topological polar surface area (TPSA) is 104 Å². The van der Waals surface area contributed by atoms with Crippen molar-refractivity contribution < 1.29 is 9.47 Å². The molecule has 2 aromatic rings. The minimum Gasteiger partial charge on any atom is -0.497 e. The lowest BCUT2D eigenvalue weighted by Gasteiger charge is -2.16. The summed E-state index contributed by atoms with van der Waals surface area (Å²) >= 11 is 6.12. The molecule has 1 aromatic heterocycles. The lowest BCUT2D eigenvalue weighted by Crippen LogP contribution is -2.37. The fourth-order valence-electron chi connectivity index (χ4n) is 2.60. The Morgan fingerprint density at radius 2 is 2.00 bits per heavy atom. The average Bonchev–Trinajstić information content (AvgIpc) is 2.75. The second-order valence-electron chi connectivity index (χ2n) is 5.99. The maximum atomic E-state index is 8.37. The van der Waals surface area contributed by atoms with Crippen molar-refractivity contribution in [3.8, 4) is 11.5 Å². The highest BCUT2D eigenvalue weighted by molar-refractivity contribution is 6.71. The number of methoxy groups -OCH3 is 2. The van der Waals surface area contributed by atoms with Crippen LogP contribution >= 0.6 is 11.6 Å². The molecule has 150 valence electrons. The number of halogens is 1. The second kappa shape index (κ2) is 9.70. The minimum atomic E-state index is 0.135. The summed E-state index contributed by atoms with van der Waals surface area (Å²) in [7, 11) is 3.19. The number of ether oxygens (including phenoxy) is 2. The SMILES string of the molecule is COc1ccc(CNC2=NC(Cl)=C/C(=N/NCc3ccccn3)C2=N)c(OC)c1. The van der Waals surface area contributed by atoms with Crippen LogP contribution in [-0.2, 0) is 13.1 Å². The van der Waals surface area contributed by atoms with Gasteiger partial charge < -0.3 is 20.2 Å². The molecule has 3 N–H and O–H groups in total. The Bertz CT molecular complexity index is 972. The molecule has 1 aliphatic rings. The Balaban J connectivity index is 1.66. The van der Waals surface area contributed by atoms with Gasteiger partial charge in [-0.05, 0) is 24.3 Å². The van der Waals surface area contributed by atoms with E-state index in [2.05, 4.69) is 25.8 Å². The van der Waals surface area contributed by atoms with Crippen molar-refractivity contribution in [1.82, 2.24) is 15.7 Å². The zero-order valence-corrected chi connectivity index (χ0v) is 16.8. The summed E-state index contributed by atoms with van der Waals surface area (Å²) < 4.78 is 10.6. The summed E-state index contributed by atoms with van der Waals surface area (Å²) in [5.74, 6) is 1.70. The Kier molecular flexibility index (Phi) is 6.80. The van der Waals surface area contributed by atoms with Crippen LogP contribution in [0.1, 0.15) is 11.3 Å². The first-order valence-corrected chi connectivity index (χ1v) is 9.19. The fraction of sp³-hybridized carbons (Fsp3) is 0.200. The third kappa shape index (κ3) is 5.32. The van der Waals surface area contributed by atoms with Gasteiger partial charge in [0.1, 0.15) is 28.1 Å². The van der Waals surface area contributed by atoms with Gasteiger partial charge in [-0.1, -0.05) is 17.7 Å². The van der Waals surface area contributed by atoms with Gasteiger partial charge in [-0.25, -0.2) is 4.99 Å². The number of pyridine rings is 1. The van der Waals surface area contributed by atoms with Crippen LogP contribution in [-0.4, -0.2) is 36.5 Å². The van der Waals surface area contributed by atoms with E-state index < -0.39 is 0 Å². The van der Waals surface area contributed by atoms with E-state index in [4.69, 9.17) is 26.5 Å². The van der Waals surface area contributed by atoms with Gasteiger partial charge in [-0.15, -0.1) is 0 Å². The summed E-state index contributed by atoms with van der Waals surface area (Å²) in [4.78, 5) is 8.42. The number of hydrazone groups is 1. The summed E-state index contributed by atoms with van der Waals surface area (Å²) in [5, 5.41) is 16.0. The van der Waals surface area contributed by atoms with Gasteiger partial charge >= 0.3 is 0 Å². The molecule has 0 fully saturated rings. The normalized spacial score (nSPS) is 14.9. The molecular formula is C20H21ClN6O2. The molecule has 8 nitrogen and oxygen atoms in total. The van der Waals surface area contributed by atoms with Crippen LogP contribution in [0.3, 0.4) is 0 Å². The first-order chi connectivity index (χ1) is 14.1. The average molecular weight is 413 g/mol. The molecule has 0 saturated heterocycles. The van der Waals surface area contributed by atoms with Crippen molar-refractivity contribution in [2.75, 3.05) is 14.2 Å². The van der Waals surface area contributed by atoms with E-state index in [0.717, 1.165) is 11.3 Å². The molecule has 0 bridgehead atoms. The van der Waals surface area contributed by atoms with Crippen molar-refractivity contribution in [3.05, 3.63) is 65.1 Å². The molecule has 0 atom stereocenters. The largest absolute Gasteiger partial charge is 0.497 e. The van der Waals surface area contributed by atoms with E-state index in [9.17, 15) is 0 Å². The van der Waals surface area contributed by atoms with E-state index >= 15 is 0 Å². The first-order valence-electron chi connectivity index (χ1n) is 8.81. The van der Waals surface area contributed by atoms with E-state index in [1.165, 1.54) is 6.08 Å². The highest BCUT2D eigenvalue weighted by Gasteiger charge is 2.19. The predicted octanol–water partition coefficient (Wildman–Crippen LogP) is 2.85. The predicted molar refractivity (Wildman–Crippen MR) is 114 cm³/mol. The van der Waals surface area contributed by atoms with Gasteiger partial charge in [0.15, 0.2) is 5.84 Å². The molecule has 1 aliphatic heterocycles. The van der Waals surface area contributed by atoms with Gasteiger partial charge in [0.25, 0.3) is 0 Å². The summed E-state index contributed by atoms with van der Waals surface area (Å²) in [5.41, 5.74) is 5.16. The van der Waals surface area contributed by atoms with E-state index in [1.807, 2.05) is 30.3 Å². The number of amidine groups is 1. The maximum absolute atomic E-state index is 8.37. The second-order valence-corrected chi connectivity index (χ2v) is 6.37. The zero-order valence-electron chi connectivity index (χ0n) is 16.1. The van der Waals surface area contributed by atoms with Crippen LogP contribution in [0.15, 0.2) is 63.9 Å². The third-order valence-electron chi connectivity index (χ3n) is 4.09.